The molecule has 35 heavy (non-hydrogen) atoms. The number of aromatic nitrogens is 1. The second-order valence-corrected chi connectivity index (χ2v) is 12.5. The topological polar surface area (TPSA) is 60.5 Å². The molecule has 0 amide bonds. The first kappa shape index (κ1) is 24.5. The zero-order chi connectivity index (χ0) is 24.7. The Morgan fingerprint density at radius 3 is 2.31 bits per heavy atom. The van der Waals surface area contributed by atoms with E-state index in [1.807, 2.05) is 0 Å². The Balaban J connectivity index is 1.17. The summed E-state index contributed by atoms with van der Waals surface area (Å²) in [6, 6.07) is 10.6. The van der Waals surface area contributed by atoms with E-state index in [2.05, 4.69) is 56.4 Å². The summed E-state index contributed by atoms with van der Waals surface area (Å²) < 4.78 is 11.5. The summed E-state index contributed by atoms with van der Waals surface area (Å²) in [5.41, 5.74) is 2.38. The Hall–Kier alpha value is -2.14. The van der Waals surface area contributed by atoms with Gasteiger partial charge in [-0.3, -0.25) is 9.78 Å². The van der Waals surface area contributed by atoms with Gasteiger partial charge < -0.3 is 14.8 Å². The van der Waals surface area contributed by atoms with Gasteiger partial charge in [0.05, 0.1) is 29.8 Å². The predicted molar refractivity (Wildman–Crippen MR) is 139 cm³/mol. The second-order valence-electron chi connectivity index (χ2n) is 12.5. The SMILES string of the molecule is COC(=O)C12CCC(NCc3ccc4cc(OC5CCC(C(C)(C)C)CC5)ccc4n3)(CC1)CC2. The van der Waals surface area contributed by atoms with Gasteiger partial charge in [0, 0.05) is 17.5 Å². The molecule has 4 aliphatic carbocycles. The van der Waals surface area contributed by atoms with E-state index in [9.17, 15) is 4.79 Å². The van der Waals surface area contributed by atoms with Crippen molar-refractivity contribution in [3.05, 3.63) is 36.0 Å². The van der Waals surface area contributed by atoms with Gasteiger partial charge in [0.15, 0.2) is 0 Å². The van der Waals surface area contributed by atoms with E-state index >= 15 is 0 Å². The van der Waals surface area contributed by atoms with E-state index in [0.29, 0.717) is 11.5 Å². The molecule has 2 bridgehead atoms. The van der Waals surface area contributed by atoms with Gasteiger partial charge in [0.25, 0.3) is 0 Å². The molecule has 0 unspecified atom stereocenters. The van der Waals surface area contributed by atoms with Crippen LogP contribution >= 0.6 is 0 Å². The molecule has 5 nitrogen and oxygen atoms in total. The Bertz CT molecular complexity index is 1040. The number of pyridine rings is 1. The van der Waals surface area contributed by atoms with Gasteiger partial charge in [0.1, 0.15) is 5.75 Å². The summed E-state index contributed by atoms with van der Waals surface area (Å²) in [6.45, 7) is 7.84. The number of hydrogen-bond donors (Lipinski definition) is 1. The summed E-state index contributed by atoms with van der Waals surface area (Å²) in [5, 5.41) is 4.95. The van der Waals surface area contributed by atoms with Gasteiger partial charge >= 0.3 is 5.97 Å². The highest BCUT2D eigenvalue weighted by Crippen LogP contribution is 2.53. The lowest BCUT2D eigenvalue weighted by Gasteiger charge is -2.52. The zero-order valence-electron chi connectivity index (χ0n) is 22.0. The number of nitrogens with one attached hydrogen (secondary N) is 1. The smallest absolute Gasteiger partial charge is 0.311 e. The summed E-state index contributed by atoms with van der Waals surface area (Å²) in [7, 11) is 1.52. The van der Waals surface area contributed by atoms with E-state index in [0.717, 1.165) is 86.2 Å². The molecule has 5 heteroatoms. The van der Waals surface area contributed by atoms with E-state index in [1.165, 1.54) is 20.0 Å². The lowest BCUT2D eigenvalue weighted by atomic mass is 9.57. The molecular weight excluding hydrogens is 436 g/mol. The quantitative estimate of drug-likeness (QED) is 0.476. The van der Waals surface area contributed by atoms with Crippen molar-refractivity contribution in [2.24, 2.45) is 16.7 Å². The van der Waals surface area contributed by atoms with Crippen LogP contribution in [0.25, 0.3) is 10.9 Å². The van der Waals surface area contributed by atoms with Crippen LogP contribution in [0.3, 0.4) is 0 Å². The number of esters is 1. The highest BCUT2D eigenvalue weighted by atomic mass is 16.5. The van der Waals surface area contributed by atoms with Crippen molar-refractivity contribution in [3.8, 4) is 5.75 Å². The van der Waals surface area contributed by atoms with Crippen LogP contribution < -0.4 is 10.1 Å². The molecule has 0 spiro atoms. The second kappa shape index (κ2) is 9.38. The average molecular weight is 479 g/mol. The fourth-order valence-corrected chi connectivity index (χ4v) is 6.81. The number of carbonyl (C=O) groups is 1. The maximum atomic E-state index is 12.3. The minimum absolute atomic E-state index is 0.0112. The normalized spacial score (nSPS) is 30.9. The zero-order valence-corrected chi connectivity index (χ0v) is 22.0. The molecule has 6 rings (SSSR count). The van der Waals surface area contributed by atoms with Crippen LogP contribution in [-0.2, 0) is 16.1 Å². The van der Waals surface area contributed by atoms with Crippen LogP contribution in [0.5, 0.6) is 5.75 Å². The first-order chi connectivity index (χ1) is 16.7. The maximum Gasteiger partial charge on any atom is 0.311 e. The number of fused-ring (bicyclic) bond motifs is 4. The van der Waals surface area contributed by atoms with Crippen LogP contribution in [0.4, 0.5) is 0 Å². The average Bonchev–Trinajstić information content (AvgIpc) is 2.88. The number of ether oxygens (including phenoxy) is 2. The van der Waals surface area contributed by atoms with Crippen molar-refractivity contribution in [3.63, 3.8) is 0 Å². The highest BCUT2D eigenvalue weighted by molar-refractivity contribution is 5.80. The summed E-state index contributed by atoms with van der Waals surface area (Å²) in [6.07, 6.45) is 11.0. The Labute approximate surface area is 210 Å². The van der Waals surface area contributed by atoms with Gasteiger partial charge in [0.2, 0.25) is 0 Å². The molecule has 0 radical (unpaired) electrons. The number of carbonyl (C=O) groups excluding carboxylic acids is 1. The van der Waals surface area contributed by atoms with Gasteiger partial charge in [-0.2, -0.15) is 0 Å². The van der Waals surface area contributed by atoms with Crippen molar-refractivity contribution >= 4 is 16.9 Å². The van der Waals surface area contributed by atoms with E-state index in [4.69, 9.17) is 14.5 Å². The first-order valence-electron chi connectivity index (χ1n) is 13.6. The molecule has 2 aromatic rings. The molecule has 0 saturated heterocycles. The lowest BCUT2D eigenvalue weighted by molar-refractivity contribution is -0.160. The minimum Gasteiger partial charge on any atom is -0.490 e. The largest absolute Gasteiger partial charge is 0.490 e. The number of hydrogen-bond acceptors (Lipinski definition) is 5. The molecule has 1 heterocycles. The number of benzene rings is 1. The fraction of sp³-hybridized carbons (Fsp3) is 0.667. The molecule has 1 aromatic heterocycles. The summed E-state index contributed by atoms with van der Waals surface area (Å²) >= 11 is 0. The molecule has 4 fully saturated rings. The first-order valence-corrected chi connectivity index (χ1v) is 13.6. The van der Waals surface area contributed by atoms with Crippen molar-refractivity contribution in [2.45, 2.75) is 103 Å². The van der Waals surface area contributed by atoms with Crippen LogP contribution in [0, 0.1) is 16.7 Å². The van der Waals surface area contributed by atoms with Crippen molar-refractivity contribution in [1.29, 1.82) is 0 Å². The third-order valence-electron chi connectivity index (χ3n) is 9.43. The van der Waals surface area contributed by atoms with Gasteiger partial charge in [-0.15, -0.1) is 0 Å². The highest BCUT2D eigenvalue weighted by Gasteiger charge is 2.52. The van der Waals surface area contributed by atoms with Crippen LogP contribution in [0.2, 0.25) is 0 Å². The molecule has 190 valence electrons. The third kappa shape index (κ3) is 5.07. The monoisotopic (exact) mass is 478 g/mol. The van der Waals surface area contributed by atoms with Crippen molar-refractivity contribution in [1.82, 2.24) is 10.3 Å². The number of nitrogens with zero attached hydrogens (tertiary/aromatic N) is 1. The molecular formula is C30H42N2O3. The van der Waals surface area contributed by atoms with Gasteiger partial charge in [-0.05, 0) is 99.8 Å². The number of rotatable bonds is 6. The van der Waals surface area contributed by atoms with Crippen LogP contribution in [0.15, 0.2) is 30.3 Å². The molecule has 4 saturated carbocycles. The van der Waals surface area contributed by atoms with Crippen LogP contribution in [0.1, 0.15) is 90.7 Å². The standard InChI is InChI=1S/C30H42N2O3/c1-28(2,3)22-6-9-24(10-7-22)35-25-11-12-26-21(19-25)5-8-23(32-26)20-31-30-16-13-29(14-17-30,15-18-30)27(33)34-4/h5,8,11-12,19,22,24,31H,6-7,9-10,13-18,20H2,1-4H3. The van der Waals surface area contributed by atoms with Crippen molar-refractivity contribution in [2.75, 3.05) is 7.11 Å². The third-order valence-corrected chi connectivity index (χ3v) is 9.43. The summed E-state index contributed by atoms with van der Waals surface area (Å²) in [5.74, 6) is 1.75. The Morgan fingerprint density at radius 2 is 1.69 bits per heavy atom. The molecule has 0 atom stereocenters. The van der Waals surface area contributed by atoms with E-state index in [-0.39, 0.29) is 16.9 Å². The molecule has 4 aliphatic rings. The molecule has 1 aromatic carbocycles. The van der Waals surface area contributed by atoms with E-state index in [1.54, 1.807) is 0 Å². The van der Waals surface area contributed by atoms with Gasteiger partial charge in [-0.25, -0.2) is 0 Å². The van der Waals surface area contributed by atoms with Crippen LogP contribution in [-0.4, -0.2) is 29.7 Å². The fourth-order valence-electron chi connectivity index (χ4n) is 6.81. The Kier molecular flexibility index (Phi) is 6.58. The predicted octanol–water partition coefficient (Wildman–Crippen LogP) is 6.57. The molecule has 0 aliphatic heterocycles. The summed E-state index contributed by atoms with van der Waals surface area (Å²) in [4.78, 5) is 17.2. The lowest BCUT2D eigenvalue weighted by Crippen LogP contribution is -2.56. The number of methoxy groups -OCH3 is 1. The Morgan fingerprint density at radius 1 is 1.00 bits per heavy atom. The van der Waals surface area contributed by atoms with Gasteiger partial charge in [-0.1, -0.05) is 26.8 Å². The minimum atomic E-state index is -0.231. The maximum absolute atomic E-state index is 12.3. The molecule has 1 N–H and O–H groups in total. The van der Waals surface area contributed by atoms with Crippen molar-refractivity contribution < 1.29 is 14.3 Å². The van der Waals surface area contributed by atoms with E-state index < -0.39 is 0 Å².